The molecule has 3 aliphatic heterocycles. The first-order valence-electron chi connectivity index (χ1n) is 32.7. The van der Waals surface area contributed by atoms with Gasteiger partial charge in [0.05, 0.1) is 56.7 Å². The molecule has 3 aliphatic rings. The van der Waals surface area contributed by atoms with Gasteiger partial charge in [0.25, 0.3) is 0 Å². The minimum Gasteiger partial charge on any atom is -0.508 e. The van der Waals surface area contributed by atoms with Gasteiger partial charge < -0.3 is 100 Å². The Morgan fingerprint density at radius 1 is 0.677 bits per heavy atom. The zero-order chi connectivity index (χ0) is 69.9. The van der Waals surface area contributed by atoms with Gasteiger partial charge in [-0.05, 0) is 94.2 Å². The maximum Gasteiger partial charge on any atom is 0.315 e. The first-order valence-corrected chi connectivity index (χ1v) is 33.8. The third-order valence-electron chi connectivity index (χ3n) is 15.8. The Hall–Kier alpha value is -8.41. The zero-order valence-corrected chi connectivity index (χ0v) is 55.4. The summed E-state index contributed by atoms with van der Waals surface area (Å²) in [6, 6.07) is -4.39. The number of unbranched alkanes of at least 4 members (excludes halogenated alkanes) is 1. The van der Waals surface area contributed by atoms with Gasteiger partial charge in [0, 0.05) is 82.3 Å². The summed E-state index contributed by atoms with van der Waals surface area (Å²) in [7, 11) is 0. The third kappa shape index (κ3) is 29.7. The Morgan fingerprint density at radius 2 is 1.27 bits per heavy atom. The molecule has 5 rings (SSSR count). The summed E-state index contributed by atoms with van der Waals surface area (Å²) in [6.45, 7) is 6.32. The topological polar surface area (TPSA) is 521 Å². The molecule has 1 unspecified atom stereocenters. The highest BCUT2D eigenvalue weighted by Crippen LogP contribution is 2.33. The predicted molar refractivity (Wildman–Crippen MR) is 350 cm³/mol. The third-order valence-corrected chi connectivity index (χ3v) is 17.3. The molecule has 34 nitrogen and oxygen atoms in total. The number of phenolic OH excluding ortho intramolecular Hbond substituents is 1. The molecular formula is C61H98N18O16S. The largest absolute Gasteiger partial charge is 0.508 e. The molecule has 96 heavy (non-hydrogen) atoms. The van der Waals surface area contributed by atoms with Crippen molar-refractivity contribution >= 4 is 82.9 Å². The number of primary amides is 1. The number of hydrogen-bond acceptors (Lipinski definition) is 20. The van der Waals surface area contributed by atoms with E-state index in [1.54, 1.807) is 20.0 Å². The normalized spacial score (nSPS) is 23.3. The van der Waals surface area contributed by atoms with E-state index in [0.29, 0.717) is 75.0 Å². The number of thioether (sulfide) groups is 1. The molecular weight excluding hydrogens is 1270 g/mol. The van der Waals surface area contributed by atoms with Crippen molar-refractivity contribution in [2.75, 3.05) is 65.0 Å². The van der Waals surface area contributed by atoms with Gasteiger partial charge in [-0.15, -0.1) is 5.10 Å². The number of amides is 11. The van der Waals surface area contributed by atoms with Crippen LogP contribution >= 0.6 is 11.8 Å². The number of benzene rings is 1. The lowest BCUT2D eigenvalue weighted by molar-refractivity contribution is -0.141. The molecule has 2 fully saturated rings. The zero-order valence-electron chi connectivity index (χ0n) is 54.6. The van der Waals surface area contributed by atoms with Crippen molar-refractivity contribution < 1.29 is 77.2 Å². The van der Waals surface area contributed by atoms with Crippen molar-refractivity contribution in [3.8, 4) is 5.75 Å². The Labute approximate surface area is 561 Å². The second-order valence-electron chi connectivity index (χ2n) is 24.3. The molecule has 0 radical (unpaired) electrons. The number of carbonyl (C=O) groups excluding carboxylic acids is 10. The molecule has 35 heteroatoms. The van der Waals surface area contributed by atoms with Crippen LogP contribution in [0.2, 0.25) is 0 Å². The molecule has 10 atom stereocenters. The summed E-state index contributed by atoms with van der Waals surface area (Å²) < 4.78 is 18.5. The number of guanidine groups is 1. The van der Waals surface area contributed by atoms with Crippen LogP contribution in [0.3, 0.4) is 0 Å². The van der Waals surface area contributed by atoms with Crippen LogP contribution in [0.5, 0.6) is 5.75 Å². The number of carbonyl (C=O) groups is 11. The fraction of sp³-hybridized carbons (Fsp3) is 0.672. The first kappa shape index (κ1) is 78.3. The Morgan fingerprint density at radius 3 is 1.94 bits per heavy atom. The molecule has 2 saturated heterocycles. The standard InChI is InChI=1S/C61H98N18O16S/c1-36(2)30-44-57(89)71-43(18-19-49(63)81)56(88)70-42(11-7-20-68-60(64)65)55(87)69-41(54(86)67-22-9-25-94-27-29-95-28-26-93-24-8-21-66-50(82)13-4-3-12-48-52-47(35-96-48)75-61(92)76-52)10-5-6-23-79-34-38(77-78-79)32-40(62)53(85)72-45(31-37-14-16-39(80)17-15-37)58(90)74-46(33-51(83)84)59(91)73-44/h14-17,34,36,40-48,52,80H,3-13,18-33,35,62H2,1-2H3,(H2,63,81)(H,66,82)(H,67,86)(H,69,87)(H,70,88)(H,71,89)(H,72,85)(H,73,91)(H,74,90)(H,83,84)(H4,64,65,68)(H2,75,76,92)/t40-,41-,42-,43-,44-,45-,46-,47+,48?,52+/m0/s1. The van der Waals surface area contributed by atoms with Gasteiger partial charge in [0.1, 0.15) is 42.0 Å². The lowest BCUT2D eigenvalue weighted by atomic mass is 10.0. The second kappa shape index (κ2) is 42.2. The number of rotatable bonds is 33. The number of ether oxygens (including phenoxy) is 3. The fourth-order valence-electron chi connectivity index (χ4n) is 10.7. The van der Waals surface area contributed by atoms with Gasteiger partial charge in [-0.3, -0.25) is 58.0 Å². The number of carboxylic acids is 1. The van der Waals surface area contributed by atoms with E-state index in [4.69, 9.17) is 36.8 Å². The van der Waals surface area contributed by atoms with Crippen LogP contribution in [0, 0.1) is 11.3 Å². The number of urea groups is 1. The van der Waals surface area contributed by atoms with Crippen molar-refractivity contribution in [2.24, 2.45) is 23.1 Å². The number of carboxylic acid groups (broad SMARTS) is 1. The number of fused-ring (bicyclic) bond motifs is 3. The molecule has 11 amide bonds. The molecule has 0 spiro atoms. The molecule has 2 aromatic rings. The molecule has 1 aromatic heterocycles. The highest BCUT2D eigenvalue weighted by atomic mass is 32.2. The number of aromatic nitrogens is 3. The number of hydrogen-bond donors (Lipinski definition) is 17. The molecule has 2 bridgehead atoms. The van der Waals surface area contributed by atoms with Crippen LogP contribution in [0.1, 0.15) is 121 Å². The van der Waals surface area contributed by atoms with E-state index < -0.39 is 115 Å². The van der Waals surface area contributed by atoms with Crippen LogP contribution in [-0.2, 0) is 81.5 Å². The lowest BCUT2D eigenvalue weighted by Crippen LogP contribution is -2.60. The van der Waals surface area contributed by atoms with Crippen LogP contribution in [-0.4, -0.2) is 221 Å². The van der Waals surface area contributed by atoms with E-state index in [-0.39, 0.29) is 120 Å². The van der Waals surface area contributed by atoms with E-state index in [1.807, 2.05) is 11.8 Å². The monoisotopic (exact) mass is 1370 g/mol. The summed E-state index contributed by atoms with van der Waals surface area (Å²) in [5, 5.41) is 65.9. The highest BCUT2D eigenvalue weighted by molar-refractivity contribution is 8.00. The number of nitrogens with two attached hydrogens (primary N) is 3. The molecule has 1 aromatic carbocycles. The molecule has 4 heterocycles. The van der Waals surface area contributed by atoms with Crippen molar-refractivity contribution in [3.05, 3.63) is 41.7 Å². The van der Waals surface area contributed by atoms with Crippen LogP contribution < -0.4 is 75.7 Å². The summed E-state index contributed by atoms with van der Waals surface area (Å²) in [6.07, 6.45) is 4.22. The highest BCUT2D eigenvalue weighted by Gasteiger charge is 2.43. The average molecular weight is 1370 g/mol. The minimum atomic E-state index is -1.85. The Bertz CT molecular complexity index is 2890. The Kier molecular flexibility index (Phi) is 34.4. The summed E-state index contributed by atoms with van der Waals surface area (Å²) in [5.74, 6) is -8.53. The van der Waals surface area contributed by atoms with Crippen LogP contribution in [0.4, 0.5) is 4.79 Å². The number of aliphatic carboxylic acids is 1. The van der Waals surface area contributed by atoms with Crippen molar-refractivity contribution in [1.29, 1.82) is 5.41 Å². The molecule has 0 aliphatic carbocycles. The molecule has 20 N–H and O–H groups in total. The maximum atomic E-state index is 14.4. The first-order chi connectivity index (χ1) is 45.9. The van der Waals surface area contributed by atoms with E-state index in [2.05, 4.69) is 68.8 Å². The van der Waals surface area contributed by atoms with Crippen molar-refractivity contribution in [3.63, 3.8) is 0 Å². The smallest absolute Gasteiger partial charge is 0.315 e. The minimum absolute atomic E-state index is 0.000493. The quantitative estimate of drug-likeness (QED) is 0.0147. The predicted octanol–water partition coefficient (Wildman–Crippen LogP) is -2.97. The number of nitrogens with one attached hydrogen (secondary N) is 12. The van der Waals surface area contributed by atoms with E-state index >= 15 is 0 Å². The maximum absolute atomic E-state index is 14.4. The van der Waals surface area contributed by atoms with Gasteiger partial charge in [0.2, 0.25) is 53.2 Å². The fourth-order valence-corrected chi connectivity index (χ4v) is 12.3. The van der Waals surface area contributed by atoms with Crippen molar-refractivity contribution in [1.82, 2.24) is 73.5 Å². The SMILES string of the molecule is CC(C)C[C@@H]1NC(=O)[C@H](CC(=O)O)NC(=O)[C@H](Cc2ccc(O)cc2)NC(=O)[C@@H](N)Cc2cn(nn2)CCCC[C@@H](C(=O)NCCCOCCOCCOCCCNC(=O)CCCCC2SC[C@H]3NC(=O)N[C@@H]23)NC(=O)[C@H](CCCNC(=N)N)NC(=O)[C@H](CCC(N)=O)NC1=O. The van der Waals surface area contributed by atoms with Crippen LogP contribution in [0.15, 0.2) is 30.5 Å². The number of aromatic hydroxyl groups is 1. The molecule has 534 valence electrons. The second-order valence-corrected chi connectivity index (χ2v) is 25.6. The number of aryl methyl sites for hydroxylation is 1. The van der Waals surface area contributed by atoms with Crippen molar-refractivity contribution in [2.45, 2.75) is 189 Å². The number of phenols is 1. The van der Waals surface area contributed by atoms with Gasteiger partial charge in [-0.25, -0.2) is 4.79 Å². The van der Waals surface area contributed by atoms with Gasteiger partial charge in [-0.1, -0.05) is 37.6 Å². The van der Waals surface area contributed by atoms with Gasteiger partial charge in [0.15, 0.2) is 5.96 Å². The van der Waals surface area contributed by atoms with Gasteiger partial charge >= 0.3 is 12.0 Å². The van der Waals surface area contributed by atoms with E-state index in [9.17, 15) is 63.0 Å². The van der Waals surface area contributed by atoms with E-state index in [1.165, 1.54) is 28.9 Å². The lowest BCUT2D eigenvalue weighted by Gasteiger charge is -2.28. The Balaban J connectivity index is 1.21. The van der Waals surface area contributed by atoms with Crippen LogP contribution in [0.25, 0.3) is 0 Å². The van der Waals surface area contributed by atoms with E-state index in [0.717, 1.165) is 25.0 Å². The van der Waals surface area contributed by atoms with Gasteiger partial charge in [-0.2, -0.15) is 11.8 Å². The summed E-state index contributed by atoms with van der Waals surface area (Å²) in [4.78, 5) is 148. The summed E-state index contributed by atoms with van der Waals surface area (Å²) >= 11 is 1.86. The average Bonchev–Trinajstić information content (AvgIpc) is 1.65. The number of nitrogens with zero attached hydrogens (tertiary/aromatic N) is 3. The summed E-state index contributed by atoms with van der Waals surface area (Å²) in [5.41, 5.74) is 18.1. The molecule has 0 saturated carbocycles.